The van der Waals surface area contributed by atoms with E-state index in [0.717, 1.165) is 0 Å². The summed E-state index contributed by atoms with van der Waals surface area (Å²) >= 11 is 1.54. The summed E-state index contributed by atoms with van der Waals surface area (Å²) in [5.41, 5.74) is -0.0274. The van der Waals surface area contributed by atoms with Crippen LogP contribution in [-0.4, -0.2) is 42.1 Å². The first kappa shape index (κ1) is 16.1. The Morgan fingerprint density at radius 2 is 2.21 bits per heavy atom. The molecule has 0 fully saturated rings. The number of rotatable bonds is 7. The molecule has 0 aromatic carbocycles. The van der Waals surface area contributed by atoms with Crippen LogP contribution in [0.1, 0.15) is 24.3 Å². The molecule has 0 aliphatic carbocycles. The SMILES string of the molecule is CCn1cc(S(=O)(=O)NC(C)CSC)cc1C(=O)O. The first-order valence-electron chi connectivity index (χ1n) is 5.76. The number of carbonyl (C=O) groups is 1. The minimum atomic E-state index is -3.67. The van der Waals surface area contributed by atoms with Gasteiger partial charge in [-0.15, -0.1) is 0 Å². The summed E-state index contributed by atoms with van der Waals surface area (Å²) in [5, 5.41) is 9.00. The fraction of sp³-hybridized carbons (Fsp3) is 0.545. The van der Waals surface area contributed by atoms with Crippen molar-refractivity contribution in [3.05, 3.63) is 18.0 Å². The summed E-state index contributed by atoms with van der Waals surface area (Å²) in [6, 6.07) is 0.971. The van der Waals surface area contributed by atoms with Gasteiger partial charge in [-0.2, -0.15) is 11.8 Å². The van der Waals surface area contributed by atoms with E-state index in [1.165, 1.54) is 28.6 Å². The average molecular weight is 306 g/mol. The third kappa shape index (κ3) is 3.99. The Hall–Kier alpha value is -0.990. The lowest BCUT2D eigenvalue weighted by atomic mass is 10.4. The number of aryl methyl sites for hydroxylation is 1. The summed E-state index contributed by atoms with van der Waals surface area (Å²) < 4.78 is 28.1. The van der Waals surface area contributed by atoms with Crippen LogP contribution in [0.4, 0.5) is 0 Å². The molecule has 1 unspecified atom stereocenters. The Labute approximate surface area is 117 Å². The zero-order chi connectivity index (χ0) is 14.6. The highest BCUT2D eigenvalue weighted by atomic mass is 32.2. The molecule has 1 atom stereocenters. The van der Waals surface area contributed by atoms with Crippen LogP contribution in [0.2, 0.25) is 0 Å². The minimum Gasteiger partial charge on any atom is -0.477 e. The van der Waals surface area contributed by atoms with Gasteiger partial charge in [-0.3, -0.25) is 0 Å². The van der Waals surface area contributed by atoms with Crippen molar-refractivity contribution in [1.29, 1.82) is 0 Å². The second kappa shape index (κ2) is 6.44. The third-order valence-electron chi connectivity index (χ3n) is 2.51. The first-order valence-corrected chi connectivity index (χ1v) is 8.64. The smallest absolute Gasteiger partial charge is 0.352 e. The van der Waals surface area contributed by atoms with E-state index in [-0.39, 0.29) is 16.6 Å². The quantitative estimate of drug-likeness (QED) is 0.791. The molecule has 6 nitrogen and oxygen atoms in total. The molecular weight excluding hydrogens is 288 g/mol. The Morgan fingerprint density at radius 1 is 1.58 bits per heavy atom. The number of nitrogens with one attached hydrogen (secondary N) is 1. The van der Waals surface area contributed by atoms with E-state index in [0.29, 0.717) is 12.3 Å². The normalized spacial score (nSPS) is 13.4. The van der Waals surface area contributed by atoms with Crippen LogP contribution in [0.3, 0.4) is 0 Å². The van der Waals surface area contributed by atoms with E-state index in [1.807, 2.05) is 6.26 Å². The van der Waals surface area contributed by atoms with Crippen molar-refractivity contribution >= 4 is 27.8 Å². The maximum absolute atomic E-state index is 12.1. The molecule has 0 aliphatic heterocycles. The maximum Gasteiger partial charge on any atom is 0.352 e. The number of carboxylic acid groups (broad SMARTS) is 1. The number of hydrogen-bond acceptors (Lipinski definition) is 4. The van der Waals surface area contributed by atoms with E-state index in [1.54, 1.807) is 13.8 Å². The molecule has 0 saturated carbocycles. The van der Waals surface area contributed by atoms with Crippen molar-refractivity contribution in [1.82, 2.24) is 9.29 Å². The van der Waals surface area contributed by atoms with Crippen molar-refractivity contribution in [2.24, 2.45) is 0 Å². The van der Waals surface area contributed by atoms with Crippen molar-refractivity contribution in [3.8, 4) is 0 Å². The van der Waals surface area contributed by atoms with Crippen LogP contribution < -0.4 is 4.72 Å². The summed E-state index contributed by atoms with van der Waals surface area (Å²) in [4.78, 5) is 11.0. The Bertz CT molecular complexity index is 551. The van der Waals surface area contributed by atoms with E-state index in [2.05, 4.69) is 4.72 Å². The number of aromatic nitrogens is 1. The molecule has 108 valence electrons. The Balaban J connectivity index is 3.05. The summed E-state index contributed by atoms with van der Waals surface area (Å²) in [5.74, 6) is -0.486. The van der Waals surface area contributed by atoms with Gasteiger partial charge in [-0.25, -0.2) is 17.9 Å². The first-order chi connectivity index (χ1) is 8.81. The predicted molar refractivity (Wildman–Crippen MR) is 75.2 cm³/mol. The van der Waals surface area contributed by atoms with Crippen molar-refractivity contribution in [3.63, 3.8) is 0 Å². The number of sulfonamides is 1. The molecular formula is C11H18N2O4S2. The van der Waals surface area contributed by atoms with Gasteiger partial charge in [0.2, 0.25) is 10.0 Å². The fourth-order valence-electron chi connectivity index (χ4n) is 1.69. The lowest BCUT2D eigenvalue weighted by Gasteiger charge is -2.11. The number of hydrogen-bond donors (Lipinski definition) is 2. The Kier molecular flexibility index (Phi) is 5.45. The molecule has 1 heterocycles. The lowest BCUT2D eigenvalue weighted by molar-refractivity contribution is 0.0685. The summed E-state index contributed by atoms with van der Waals surface area (Å²) in [6.07, 6.45) is 3.23. The highest BCUT2D eigenvalue weighted by Gasteiger charge is 2.22. The van der Waals surface area contributed by atoms with Gasteiger partial charge in [0.05, 0.1) is 0 Å². The van der Waals surface area contributed by atoms with E-state index >= 15 is 0 Å². The van der Waals surface area contributed by atoms with Gasteiger partial charge >= 0.3 is 5.97 Å². The summed E-state index contributed by atoms with van der Waals surface area (Å²) in [7, 11) is -3.67. The van der Waals surface area contributed by atoms with Crippen LogP contribution in [0.5, 0.6) is 0 Å². The molecule has 1 aromatic heterocycles. The monoisotopic (exact) mass is 306 g/mol. The van der Waals surface area contributed by atoms with Gasteiger partial charge in [0.25, 0.3) is 0 Å². The molecule has 19 heavy (non-hydrogen) atoms. The molecule has 0 saturated heterocycles. The molecule has 1 aromatic rings. The largest absolute Gasteiger partial charge is 0.477 e. The van der Waals surface area contributed by atoms with Gasteiger partial charge in [0, 0.05) is 24.5 Å². The second-order valence-corrected chi connectivity index (χ2v) is 6.75. The molecule has 0 amide bonds. The molecule has 0 aliphatic rings. The van der Waals surface area contributed by atoms with Crippen molar-refractivity contribution in [2.75, 3.05) is 12.0 Å². The molecule has 1 rings (SSSR count). The highest BCUT2D eigenvalue weighted by Crippen LogP contribution is 2.15. The zero-order valence-electron chi connectivity index (χ0n) is 11.1. The number of aromatic carboxylic acids is 1. The van der Waals surface area contributed by atoms with Gasteiger partial charge < -0.3 is 9.67 Å². The Morgan fingerprint density at radius 3 is 2.63 bits per heavy atom. The second-order valence-electron chi connectivity index (χ2n) is 4.13. The summed E-state index contributed by atoms with van der Waals surface area (Å²) in [6.45, 7) is 3.92. The number of carboxylic acids is 1. The molecule has 0 spiro atoms. The fourth-order valence-corrected chi connectivity index (χ4v) is 3.66. The highest BCUT2D eigenvalue weighted by molar-refractivity contribution is 7.98. The van der Waals surface area contributed by atoms with E-state index in [9.17, 15) is 13.2 Å². The topological polar surface area (TPSA) is 88.4 Å². The van der Waals surface area contributed by atoms with Gasteiger partial charge in [0.1, 0.15) is 10.6 Å². The van der Waals surface area contributed by atoms with Gasteiger partial charge in [-0.05, 0) is 26.2 Å². The van der Waals surface area contributed by atoms with Gasteiger partial charge in [-0.1, -0.05) is 0 Å². The minimum absolute atomic E-state index is 0.0142. The van der Waals surface area contributed by atoms with Crippen molar-refractivity contribution < 1.29 is 18.3 Å². The van der Waals surface area contributed by atoms with Crippen LogP contribution in [0.25, 0.3) is 0 Å². The third-order valence-corrected chi connectivity index (χ3v) is 4.90. The molecule has 2 N–H and O–H groups in total. The molecule has 0 bridgehead atoms. The number of thioether (sulfide) groups is 1. The standard InChI is InChI=1S/C11H18N2O4S2/c1-4-13-6-9(5-10(13)11(14)15)19(16,17)12-8(2)7-18-3/h5-6,8,12H,4,7H2,1-3H3,(H,14,15). The van der Waals surface area contributed by atoms with E-state index < -0.39 is 16.0 Å². The average Bonchev–Trinajstić information content (AvgIpc) is 2.73. The maximum atomic E-state index is 12.1. The zero-order valence-corrected chi connectivity index (χ0v) is 12.7. The van der Waals surface area contributed by atoms with Crippen molar-refractivity contribution in [2.45, 2.75) is 31.3 Å². The lowest BCUT2D eigenvalue weighted by Crippen LogP contribution is -2.34. The van der Waals surface area contributed by atoms with Gasteiger partial charge in [0.15, 0.2) is 0 Å². The van der Waals surface area contributed by atoms with Crippen LogP contribution in [-0.2, 0) is 16.6 Å². The van der Waals surface area contributed by atoms with Crippen LogP contribution in [0.15, 0.2) is 17.2 Å². The molecule has 8 heteroatoms. The van der Waals surface area contributed by atoms with E-state index in [4.69, 9.17) is 5.11 Å². The van der Waals surface area contributed by atoms with Crippen LogP contribution in [0, 0.1) is 0 Å². The molecule has 0 radical (unpaired) electrons. The number of nitrogens with zero attached hydrogens (tertiary/aromatic N) is 1. The predicted octanol–water partition coefficient (Wildman–Crippen LogP) is 1.24. The van der Waals surface area contributed by atoms with Crippen LogP contribution >= 0.6 is 11.8 Å².